The Kier molecular flexibility index (Phi) is 3.89. The molecule has 1 aromatic heterocycles. The maximum atomic E-state index is 5.80. The van der Waals surface area contributed by atoms with Gasteiger partial charge in [-0.1, -0.05) is 18.0 Å². The lowest BCUT2D eigenvalue weighted by Gasteiger charge is -2.17. The van der Waals surface area contributed by atoms with Crippen LogP contribution in [-0.4, -0.2) is 23.3 Å². The van der Waals surface area contributed by atoms with Gasteiger partial charge in [-0.25, -0.2) is 4.98 Å². The van der Waals surface area contributed by atoms with Crippen LogP contribution in [0.5, 0.6) is 0 Å². The van der Waals surface area contributed by atoms with E-state index in [4.69, 9.17) is 11.6 Å². The molecular formula is C11H15ClN2S. The zero-order valence-corrected chi connectivity index (χ0v) is 10.3. The monoisotopic (exact) mass is 242 g/mol. The van der Waals surface area contributed by atoms with E-state index in [1.807, 2.05) is 30.9 Å². The quantitative estimate of drug-likeness (QED) is 0.882. The third-order valence-corrected chi connectivity index (χ3v) is 4.37. The van der Waals surface area contributed by atoms with Gasteiger partial charge in [0.2, 0.25) is 0 Å². The van der Waals surface area contributed by atoms with Crippen LogP contribution in [0.2, 0.25) is 5.02 Å². The molecule has 0 bridgehead atoms. The van der Waals surface area contributed by atoms with Crippen LogP contribution in [0.1, 0.15) is 19.3 Å². The van der Waals surface area contributed by atoms with E-state index >= 15 is 0 Å². The predicted octanol–water partition coefficient (Wildman–Crippen LogP) is 2.97. The van der Waals surface area contributed by atoms with Crippen LogP contribution >= 0.6 is 23.4 Å². The number of nitrogens with zero attached hydrogens (tertiary/aromatic N) is 1. The van der Waals surface area contributed by atoms with Crippen molar-refractivity contribution in [2.24, 2.45) is 0 Å². The van der Waals surface area contributed by atoms with E-state index in [1.54, 1.807) is 6.20 Å². The number of thioether (sulfide) groups is 1. The minimum absolute atomic E-state index is 0.632. The first kappa shape index (κ1) is 11.2. The Morgan fingerprint density at radius 3 is 3.00 bits per heavy atom. The summed E-state index contributed by atoms with van der Waals surface area (Å²) in [5, 5.41) is 5.81. The highest BCUT2D eigenvalue weighted by atomic mass is 35.5. The molecule has 0 amide bonds. The fourth-order valence-electron chi connectivity index (χ4n) is 1.98. The molecule has 0 spiro atoms. The smallest absolute Gasteiger partial charge is 0.0964 e. The molecule has 2 nitrogen and oxygen atoms in total. The van der Waals surface area contributed by atoms with Gasteiger partial charge in [0.15, 0.2) is 0 Å². The molecule has 2 rings (SSSR count). The fraction of sp³-hybridized carbons (Fsp3) is 0.545. The summed E-state index contributed by atoms with van der Waals surface area (Å²) in [6.07, 6.45) is 5.59. The molecule has 1 aromatic rings. The second kappa shape index (κ2) is 5.19. The van der Waals surface area contributed by atoms with Gasteiger partial charge in [0.05, 0.1) is 10.0 Å². The number of pyridine rings is 1. The standard InChI is InChI=1S/C11H15ClN2S/c1-13-9-3-2-4-10(9)15-11-6-5-8(12)7-14-11/h5-7,9-10,13H,2-4H2,1H3. The number of hydrogen-bond acceptors (Lipinski definition) is 3. The molecule has 1 aliphatic rings. The number of nitrogens with one attached hydrogen (secondary N) is 1. The summed E-state index contributed by atoms with van der Waals surface area (Å²) in [4.78, 5) is 4.31. The van der Waals surface area contributed by atoms with E-state index in [0.717, 1.165) is 5.03 Å². The maximum Gasteiger partial charge on any atom is 0.0964 e. The average Bonchev–Trinajstić information content (AvgIpc) is 2.69. The van der Waals surface area contributed by atoms with Gasteiger partial charge < -0.3 is 5.32 Å². The molecule has 1 saturated carbocycles. The van der Waals surface area contributed by atoms with Crippen molar-refractivity contribution < 1.29 is 0 Å². The van der Waals surface area contributed by atoms with E-state index in [2.05, 4.69) is 10.3 Å². The van der Waals surface area contributed by atoms with Gasteiger partial charge in [0, 0.05) is 17.5 Å². The van der Waals surface area contributed by atoms with E-state index in [0.29, 0.717) is 16.3 Å². The molecule has 0 aromatic carbocycles. The molecule has 1 fully saturated rings. The van der Waals surface area contributed by atoms with Crippen molar-refractivity contribution in [3.05, 3.63) is 23.4 Å². The van der Waals surface area contributed by atoms with Crippen LogP contribution in [0.4, 0.5) is 0 Å². The van der Waals surface area contributed by atoms with Gasteiger partial charge in [0.25, 0.3) is 0 Å². The third kappa shape index (κ3) is 2.86. The number of rotatable bonds is 3. The van der Waals surface area contributed by atoms with E-state index in [1.165, 1.54) is 19.3 Å². The SMILES string of the molecule is CNC1CCCC1Sc1ccc(Cl)cn1. The van der Waals surface area contributed by atoms with Gasteiger partial charge >= 0.3 is 0 Å². The lowest BCUT2D eigenvalue weighted by atomic mass is 10.2. The van der Waals surface area contributed by atoms with Gasteiger partial charge in [0.1, 0.15) is 0 Å². The normalized spacial score (nSPS) is 25.7. The molecule has 2 atom stereocenters. The summed E-state index contributed by atoms with van der Waals surface area (Å²) in [5.74, 6) is 0. The summed E-state index contributed by atoms with van der Waals surface area (Å²) in [5.41, 5.74) is 0. The Hall–Kier alpha value is -0.250. The molecule has 0 saturated heterocycles. The summed E-state index contributed by atoms with van der Waals surface area (Å²) in [7, 11) is 2.04. The van der Waals surface area contributed by atoms with Crippen LogP contribution in [-0.2, 0) is 0 Å². The fourth-order valence-corrected chi connectivity index (χ4v) is 3.39. The number of halogens is 1. The van der Waals surface area contributed by atoms with E-state index in [-0.39, 0.29) is 0 Å². The van der Waals surface area contributed by atoms with Crippen molar-refractivity contribution in [3.63, 3.8) is 0 Å². The molecule has 15 heavy (non-hydrogen) atoms. The Morgan fingerprint density at radius 1 is 1.47 bits per heavy atom. The first-order valence-corrected chi connectivity index (χ1v) is 6.51. The average molecular weight is 243 g/mol. The lowest BCUT2D eigenvalue weighted by Crippen LogP contribution is -2.30. The van der Waals surface area contributed by atoms with Gasteiger partial charge in [-0.15, -0.1) is 11.8 Å². The highest BCUT2D eigenvalue weighted by molar-refractivity contribution is 7.99. The van der Waals surface area contributed by atoms with Crippen molar-refractivity contribution in [2.45, 2.75) is 35.6 Å². The van der Waals surface area contributed by atoms with Crippen LogP contribution in [0.3, 0.4) is 0 Å². The van der Waals surface area contributed by atoms with Crippen molar-refractivity contribution in [2.75, 3.05) is 7.05 Å². The third-order valence-electron chi connectivity index (χ3n) is 2.80. The Bertz CT molecular complexity index is 315. The molecule has 1 aliphatic carbocycles. The second-order valence-corrected chi connectivity index (χ2v) is 5.49. The van der Waals surface area contributed by atoms with Crippen LogP contribution < -0.4 is 5.32 Å². The lowest BCUT2D eigenvalue weighted by molar-refractivity contribution is 0.591. The van der Waals surface area contributed by atoms with Crippen LogP contribution in [0.15, 0.2) is 23.4 Å². The van der Waals surface area contributed by atoms with Crippen LogP contribution in [0.25, 0.3) is 0 Å². The second-order valence-electron chi connectivity index (χ2n) is 3.80. The summed E-state index contributed by atoms with van der Waals surface area (Å²) < 4.78 is 0. The van der Waals surface area contributed by atoms with Gasteiger partial charge in [-0.2, -0.15) is 0 Å². The predicted molar refractivity (Wildman–Crippen MR) is 65.6 cm³/mol. The molecule has 0 aliphatic heterocycles. The minimum atomic E-state index is 0.632. The summed E-state index contributed by atoms with van der Waals surface area (Å²) in [6, 6.07) is 4.53. The largest absolute Gasteiger partial charge is 0.316 e. The van der Waals surface area contributed by atoms with E-state index < -0.39 is 0 Å². The molecule has 1 heterocycles. The maximum absolute atomic E-state index is 5.80. The first-order valence-electron chi connectivity index (χ1n) is 5.25. The first-order chi connectivity index (χ1) is 7.29. The number of hydrogen-bond donors (Lipinski definition) is 1. The number of aromatic nitrogens is 1. The van der Waals surface area contributed by atoms with Crippen molar-refractivity contribution >= 4 is 23.4 Å². The Morgan fingerprint density at radius 2 is 2.33 bits per heavy atom. The molecular weight excluding hydrogens is 228 g/mol. The highest BCUT2D eigenvalue weighted by Crippen LogP contribution is 2.34. The Balaban J connectivity index is 1.99. The van der Waals surface area contributed by atoms with Crippen molar-refractivity contribution in [3.8, 4) is 0 Å². The zero-order valence-electron chi connectivity index (χ0n) is 8.74. The minimum Gasteiger partial charge on any atom is -0.316 e. The molecule has 2 unspecified atom stereocenters. The highest BCUT2D eigenvalue weighted by Gasteiger charge is 2.26. The molecule has 0 radical (unpaired) electrons. The van der Waals surface area contributed by atoms with E-state index in [9.17, 15) is 0 Å². The molecule has 1 N–H and O–H groups in total. The van der Waals surface area contributed by atoms with Gasteiger partial charge in [-0.05, 0) is 32.0 Å². The molecule has 4 heteroatoms. The Labute approximate surface area is 99.8 Å². The molecule has 82 valence electrons. The van der Waals surface area contributed by atoms with Crippen molar-refractivity contribution in [1.29, 1.82) is 0 Å². The van der Waals surface area contributed by atoms with Crippen LogP contribution in [0, 0.1) is 0 Å². The summed E-state index contributed by atoms with van der Waals surface area (Å²) in [6.45, 7) is 0. The van der Waals surface area contributed by atoms with Crippen molar-refractivity contribution in [1.82, 2.24) is 10.3 Å². The summed E-state index contributed by atoms with van der Waals surface area (Å²) >= 11 is 7.66. The zero-order chi connectivity index (χ0) is 10.7. The topological polar surface area (TPSA) is 24.9 Å². The van der Waals surface area contributed by atoms with Gasteiger partial charge in [-0.3, -0.25) is 0 Å².